The molecule has 0 aromatic heterocycles. The van der Waals surface area contributed by atoms with E-state index in [-0.39, 0.29) is 12.5 Å². The highest BCUT2D eigenvalue weighted by Gasteiger charge is 2.33. The van der Waals surface area contributed by atoms with Crippen LogP contribution in [0.4, 0.5) is 0 Å². The minimum atomic E-state index is -0.654. The van der Waals surface area contributed by atoms with Crippen molar-refractivity contribution in [3.05, 3.63) is 35.4 Å². The molecule has 106 valence electrons. The van der Waals surface area contributed by atoms with E-state index in [1.165, 1.54) is 4.90 Å². The van der Waals surface area contributed by atoms with Crippen LogP contribution in [-0.2, 0) is 20.9 Å². The number of carbonyl (C=O) groups is 3. The number of amides is 3. The Kier molecular flexibility index (Phi) is 4.14. The van der Waals surface area contributed by atoms with Crippen molar-refractivity contribution in [2.24, 2.45) is 0 Å². The summed E-state index contributed by atoms with van der Waals surface area (Å²) in [5.41, 5.74) is 1.39. The average molecular weight is 276 g/mol. The Balaban J connectivity index is 2.17. The van der Waals surface area contributed by atoms with E-state index in [4.69, 9.17) is 4.74 Å². The summed E-state index contributed by atoms with van der Waals surface area (Å²) in [5, 5.41) is 2.20. The van der Waals surface area contributed by atoms with Gasteiger partial charge in [-0.2, -0.15) is 0 Å². The van der Waals surface area contributed by atoms with Crippen LogP contribution in [0.15, 0.2) is 24.3 Å². The van der Waals surface area contributed by atoms with Gasteiger partial charge in [0.15, 0.2) is 0 Å². The number of nitrogens with one attached hydrogen (secondary N) is 1. The Morgan fingerprint density at radius 3 is 2.60 bits per heavy atom. The van der Waals surface area contributed by atoms with E-state index < -0.39 is 17.9 Å². The first-order valence-electron chi connectivity index (χ1n) is 6.25. The quantitative estimate of drug-likeness (QED) is 0.807. The summed E-state index contributed by atoms with van der Waals surface area (Å²) in [5.74, 6) is -1.24. The van der Waals surface area contributed by atoms with Gasteiger partial charge in [-0.15, -0.1) is 0 Å². The molecule has 1 aliphatic heterocycles. The van der Waals surface area contributed by atoms with Gasteiger partial charge < -0.3 is 9.64 Å². The lowest BCUT2D eigenvalue weighted by atomic mass is 10.1. The van der Waals surface area contributed by atoms with E-state index in [9.17, 15) is 14.4 Å². The second kappa shape index (κ2) is 5.83. The van der Waals surface area contributed by atoms with Crippen molar-refractivity contribution in [3.63, 3.8) is 0 Å². The molecular formula is C14H16N2O4. The minimum Gasteiger partial charge on any atom is -0.380 e. The molecule has 1 aliphatic rings. The molecule has 1 aromatic rings. The fourth-order valence-corrected chi connectivity index (χ4v) is 2.04. The predicted octanol–water partition coefficient (Wildman–Crippen LogP) is 0.320. The van der Waals surface area contributed by atoms with Gasteiger partial charge in [0, 0.05) is 12.7 Å². The summed E-state index contributed by atoms with van der Waals surface area (Å²) in [7, 11) is 1.60. The van der Waals surface area contributed by atoms with Gasteiger partial charge in [0.2, 0.25) is 11.8 Å². The zero-order chi connectivity index (χ0) is 14.7. The lowest BCUT2D eigenvalue weighted by molar-refractivity contribution is -0.138. The molecule has 0 radical (unpaired) electrons. The molecule has 1 N–H and O–H groups in total. The molecule has 6 heteroatoms. The van der Waals surface area contributed by atoms with Crippen molar-refractivity contribution in [2.75, 3.05) is 13.7 Å². The average Bonchev–Trinajstić information content (AvgIpc) is 2.43. The number of rotatable bonds is 3. The Labute approximate surface area is 116 Å². The summed E-state index contributed by atoms with van der Waals surface area (Å²) in [6, 6.07) is 6.25. The van der Waals surface area contributed by atoms with Crippen molar-refractivity contribution >= 4 is 17.7 Å². The normalized spacial score (nSPS) is 18.9. The molecule has 0 spiro atoms. The fourth-order valence-electron chi connectivity index (χ4n) is 2.04. The van der Waals surface area contributed by atoms with E-state index in [0.29, 0.717) is 12.2 Å². The first-order chi connectivity index (χ1) is 9.52. The SMILES string of the molecule is COCc1ccc(C(=O)N2CC(=O)NC(=O)C2C)cc1. The van der Waals surface area contributed by atoms with Gasteiger partial charge in [-0.05, 0) is 24.6 Å². The van der Waals surface area contributed by atoms with Gasteiger partial charge in [-0.1, -0.05) is 12.1 Å². The van der Waals surface area contributed by atoms with Gasteiger partial charge in [0.1, 0.15) is 12.6 Å². The summed E-state index contributed by atoms with van der Waals surface area (Å²) in [6.07, 6.45) is 0. The zero-order valence-corrected chi connectivity index (χ0v) is 11.4. The number of nitrogens with zero attached hydrogens (tertiary/aromatic N) is 1. The molecule has 1 unspecified atom stereocenters. The number of hydrogen-bond donors (Lipinski definition) is 1. The largest absolute Gasteiger partial charge is 0.380 e. The first-order valence-corrected chi connectivity index (χ1v) is 6.25. The highest BCUT2D eigenvalue weighted by Crippen LogP contribution is 2.13. The van der Waals surface area contributed by atoms with Crippen LogP contribution in [0.5, 0.6) is 0 Å². The van der Waals surface area contributed by atoms with E-state index in [1.54, 1.807) is 38.3 Å². The van der Waals surface area contributed by atoms with Crippen molar-refractivity contribution in [1.82, 2.24) is 10.2 Å². The van der Waals surface area contributed by atoms with Crippen molar-refractivity contribution < 1.29 is 19.1 Å². The molecule has 1 aromatic carbocycles. The molecule has 20 heavy (non-hydrogen) atoms. The van der Waals surface area contributed by atoms with Crippen LogP contribution >= 0.6 is 0 Å². The predicted molar refractivity (Wildman–Crippen MR) is 70.8 cm³/mol. The number of methoxy groups -OCH3 is 1. The van der Waals surface area contributed by atoms with Crippen molar-refractivity contribution in [3.8, 4) is 0 Å². The molecule has 6 nitrogen and oxygen atoms in total. The first kappa shape index (κ1) is 14.2. The third kappa shape index (κ3) is 2.85. The highest BCUT2D eigenvalue weighted by atomic mass is 16.5. The van der Waals surface area contributed by atoms with Gasteiger partial charge >= 0.3 is 0 Å². The molecule has 3 amide bonds. The number of benzene rings is 1. The Hall–Kier alpha value is -2.21. The Bertz CT molecular complexity index is 539. The van der Waals surface area contributed by atoms with Crippen LogP contribution in [-0.4, -0.2) is 42.3 Å². The molecule has 1 heterocycles. The molecule has 1 atom stereocenters. The lowest BCUT2D eigenvalue weighted by Gasteiger charge is -2.31. The number of piperazine rings is 1. The molecule has 1 saturated heterocycles. The third-order valence-corrected chi connectivity index (χ3v) is 3.20. The third-order valence-electron chi connectivity index (χ3n) is 3.20. The summed E-state index contributed by atoms with van der Waals surface area (Å²) in [6.45, 7) is 1.96. The summed E-state index contributed by atoms with van der Waals surface area (Å²) >= 11 is 0. The smallest absolute Gasteiger partial charge is 0.254 e. The number of ether oxygens (including phenoxy) is 1. The number of hydrogen-bond acceptors (Lipinski definition) is 4. The molecule has 0 saturated carbocycles. The van der Waals surface area contributed by atoms with Crippen LogP contribution in [0.2, 0.25) is 0 Å². The second-order valence-corrected chi connectivity index (χ2v) is 4.65. The Morgan fingerprint density at radius 1 is 1.35 bits per heavy atom. The summed E-state index contributed by atoms with van der Waals surface area (Å²) < 4.78 is 5.00. The summed E-state index contributed by atoms with van der Waals surface area (Å²) in [4.78, 5) is 36.5. The van der Waals surface area contributed by atoms with E-state index in [1.807, 2.05) is 0 Å². The van der Waals surface area contributed by atoms with E-state index >= 15 is 0 Å². The lowest BCUT2D eigenvalue weighted by Crippen LogP contribution is -2.58. The highest BCUT2D eigenvalue weighted by molar-refractivity contribution is 6.07. The van der Waals surface area contributed by atoms with E-state index in [0.717, 1.165) is 5.56 Å². The minimum absolute atomic E-state index is 0.106. The number of carbonyl (C=O) groups excluding carboxylic acids is 3. The molecular weight excluding hydrogens is 260 g/mol. The molecule has 2 rings (SSSR count). The van der Waals surface area contributed by atoms with Crippen molar-refractivity contribution in [2.45, 2.75) is 19.6 Å². The van der Waals surface area contributed by atoms with Crippen LogP contribution < -0.4 is 5.32 Å². The van der Waals surface area contributed by atoms with Crippen LogP contribution in [0.25, 0.3) is 0 Å². The number of imide groups is 1. The van der Waals surface area contributed by atoms with Crippen LogP contribution in [0.1, 0.15) is 22.8 Å². The van der Waals surface area contributed by atoms with Gasteiger partial charge in [-0.25, -0.2) is 0 Å². The maximum absolute atomic E-state index is 12.3. The zero-order valence-electron chi connectivity index (χ0n) is 11.4. The monoisotopic (exact) mass is 276 g/mol. The topological polar surface area (TPSA) is 75.7 Å². The Morgan fingerprint density at radius 2 is 2.00 bits per heavy atom. The van der Waals surface area contributed by atoms with Gasteiger partial charge in [0.05, 0.1) is 6.61 Å². The maximum Gasteiger partial charge on any atom is 0.254 e. The standard InChI is InChI=1S/C14H16N2O4/c1-9-13(18)15-12(17)7-16(9)14(19)11-5-3-10(4-6-11)8-20-2/h3-6,9H,7-8H2,1-2H3,(H,15,17,18). The van der Waals surface area contributed by atoms with Crippen LogP contribution in [0.3, 0.4) is 0 Å². The van der Waals surface area contributed by atoms with E-state index in [2.05, 4.69) is 5.32 Å². The maximum atomic E-state index is 12.3. The molecule has 0 aliphatic carbocycles. The molecule has 1 fully saturated rings. The van der Waals surface area contributed by atoms with Gasteiger partial charge in [-0.3, -0.25) is 19.7 Å². The molecule has 0 bridgehead atoms. The van der Waals surface area contributed by atoms with Gasteiger partial charge in [0.25, 0.3) is 5.91 Å². The van der Waals surface area contributed by atoms with Crippen LogP contribution in [0, 0.1) is 0 Å². The second-order valence-electron chi connectivity index (χ2n) is 4.65. The van der Waals surface area contributed by atoms with Crippen molar-refractivity contribution in [1.29, 1.82) is 0 Å². The fraction of sp³-hybridized carbons (Fsp3) is 0.357.